The third kappa shape index (κ3) is 3.18. The Labute approximate surface area is 133 Å². The zero-order chi connectivity index (χ0) is 13.1. The molecule has 0 nitrogen and oxygen atoms in total. The largest absolute Gasteiger partial charge is 0.0831 e. The molecular weight excluding hydrogens is 399 g/mol. The van der Waals surface area contributed by atoms with Crippen molar-refractivity contribution in [2.75, 3.05) is 0 Å². The number of hydrogen-bond acceptors (Lipinski definition) is 0. The van der Waals surface area contributed by atoms with E-state index in [4.69, 9.17) is 23.2 Å². The topological polar surface area (TPSA) is 0 Å². The summed E-state index contributed by atoms with van der Waals surface area (Å²) in [4.78, 5) is 0. The van der Waals surface area contributed by atoms with Crippen LogP contribution in [-0.4, -0.2) is 0 Å². The zero-order valence-corrected chi connectivity index (χ0v) is 13.8. The second kappa shape index (κ2) is 6.25. The molecule has 0 N–H and O–H groups in total. The van der Waals surface area contributed by atoms with E-state index in [-0.39, 0.29) is 0 Å². The van der Waals surface area contributed by atoms with Gasteiger partial charge in [-0.3, -0.25) is 0 Å². The van der Waals surface area contributed by atoms with Gasteiger partial charge in [-0.05, 0) is 55.1 Å². The second-order valence-electron chi connectivity index (χ2n) is 3.62. The minimum atomic E-state index is 0.697. The average Bonchev–Trinajstić information content (AvgIpc) is 2.36. The molecule has 0 aliphatic carbocycles. The summed E-state index contributed by atoms with van der Waals surface area (Å²) in [7, 11) is 0. The normalized spacial score (nSPS) is 11.1. The van der Waals surface area contributed by atoms with E-state index in [0.717, 1.165) is 20.1 Å². The highest BCUT2D eigenvalue weighted by atomic mass is 79.9. The van der Waals surface area contributed by atoms with Crippen LogP contribution in [0.2, 0.25) is 10.0 Å². The zero-order valence-electron chi connectivity index (χ0n) is 9.13. The van der Waals surface area contributed by atoms with E-state index >= 15 is 0 Å². The van der Waals surface area contributed by atoms with Gasteiger partial charge in [-0.25, -0.2) is 0 Å². The van der Waals surface area contributed by atoms with Crippen molar-refractivity contribution in [2.24, 2.45) is 0 Å². The SMILES string of the molecule is Clc1cccc(/C=C\c2cccc(Cl)c2Br)c1Br. The van der Waals surface area contributed by atoms with Gasteiger partial charge in [0, 0.05) is 8.95 Å². The lowest BCUT2D eigenvalue weighted by Crippen LogP contribution is -1.79. The van der Waals surface area contributed by atoms with Gasteiger partial charge in [0.05, 0.1) is 10.0 Å². The van der Waals surface area contributed by atoms with Gasteiger partial charge in [-0.15, -0.1) is 0 Å². The minimum absolute atomic E-state index is 0.697. The highest BCUT2D eigenvalue weighted by Crippen LogP contribution is 2.30. The molecule has 0 saturated carbocycles. The number of halogens is 4. The van der Waals surface area contributed by atoms with E-state index in [0.29, 0.717) is 10.0 Å². The van der Waals surface area contributed by atoms with Crippen LogP contribution in [-0.2, 0) is 0 Å². The van der Waals surface area contributed by atoms with Gasteiger partial charge in [0.2, 0.25) is 0 Å². The van der Waals surface area contributed by atoms with E-state index in [2.05, 4.69) is 31.9 Å². The monoisotopic (exact) mass is 404 g/mol. The van der Waals surface area contributed by atoms with Crippen LogP contribution in [0, 0.1) is 0 Å². The molecule has 0 atom stereocenters. The van der Waals surface area contributed by atoms with Crippen LogP contribution < -0.4 is 0 Å². The lowest BCUT2D eigenvalue weighted by molar-refractivity contribution is 1.58. The molecule has 92 valence electrons. The van der Waals surface area contributed by atoms with Gasteiger partial charge in [0.15, 0.2) is 0 Å². The number of hydrogen-bond donors (Lipinski definition) is 0. The van der Waals surface area contributed by atoms with Crippen molar-refractivity contribution in [2.45, 2.75) is 0 Å². The molecule has 0 unspecified atom stereocenters. The quantitative estimate of drug-likeness (QED) is 0.487. The van der Waals surface area contributed by atoms with Crippen LogP contribution in [0.3, 0.4) is 0 Å². The standard InChI is InChI=1S/C14H8Br2Cl2/c15-13-9(3-1-5-11(13)17)7-8-10-4-2-6-12(18)14(10)16/h1-8H/b8-7-. The lowest BCUT2D eigenvalue weighted by atomic mass is 10.1. The van der Waals surface area contributed by atoms with E-state index in [1.54, 1.807) is 0 Å². The predicted molar refractivity (Wildman–Crippen MR) is 87.2 cm³/mol. The summed E-state index contributed by atoms with van der Waals surface area (Å²) in [5, 5.41) is 1.39. The molecule has 0 aromatic heterocycles. The number of rotatable bonds is 2. The molecule has 0 aliphatic heterocycles. The molecule has 0 heterocycles. The van der Waals surface area contributed by atoms with Crippen LogP contribution in [0.4, 0.5) is 0 Å². The molecule has 0 radical (unpaired) electrons. The molecule has 18 heavy (non-hydrogen) atoms. The van der Waals surface area contributed by atoms with Gasteiger partial charge < -0.3 is 0 Å². The maximum atomic E-state index is 6.04. The Morgan fingerprint density at radius 3 is 1.50 bits per heavy atom. The van der Waals surface area contributed by atoms with E-state index in [1.165, 1.54) is 0 Å². The number of benzene rings is 2. The molecule has 4 heteroatoms. The lowest BCUT2D eigenvalue weighted by Gasteiger charge is -2.02. The molecule has 2 aromatic carbocycles. The smallest absolute Gasteiger partial charge is 0.0554 e. The molecule has 0 fully saturated rings. The summed E-state index contributed by atoms with van der Waals surface area (Å²) in [6.45, 7) is 0. The van der Waals surface area contributed by atoms with Gasteiger partial charge >= 0.3 is 0 Å². The van der Waals surface area contributed by atoms with Crippen molar-refractivity contribution < 1.29 is 0 Å². The van der Waals surface area contributed by atoms with Crippen LogP contribution in [0.5, 0.6) is 0 Å². The maximum Gasteiger partial charge on any atom is 0.0554 e. The first-order valence-corrected chi connectivity index (χ1v) is 7.50. The van der Waals surface area contributed by atoms with Gasteiger partial charge in [0.1, 0.15) is 0 Å². The van der Waals surface area contributed by atoms with Crippen molar-refractivity contribution >= 4 is 67.2 Å². The predicted octanol–water partition coefficient (Wildman–Crippen LogP) is 6.69. The Balaban J connectivity index is 2.36. The first-order valence-electron chi connectivity index (χ1n) is 5.15. The van der Waals surface area contributed by atoms with Crippen molar-refractivity contribution in [1.82, 2.24) is 0 Å². The van der Waals surface area contributed by atoms with Crippen molar-refractivity contribution in [1.29, 1.82) is 0 Å². The summed E-state index contributed by atoms with van der Waals surface area (Å²) in [6, 6.07) is 11.5. The van der Waals surface area contributed by atoms with Crippen LogP contribution >= 0.6 is 55.1 Å². The van der Waals surface area contributed by atoms with Crippen LogP contribution in [0.15, 0.2) is 45.3 Å². The van der Waals surface area contributed by atoms with Crippen molar-refractivity contribution in [3.05, 3.63) is 66.5 Å². The molecular formula is C14H8Br2Cl2. The molecule has 2 rings (SSSR count). The summed E-state index contributed by atoms with van der Waals surface area (Å²) in [5.41, 5.74) is 2.05. The molecule has 0 amide bonds. The summed E-state index contributed by atoms with van der Waals surface area (Å²) >= 11 is 19.0. The summed E-state index contributed by atoms with van der Waals surface area (Å²) < 4.78 is 1.78. The van der Waals surface area contributed by atoms with Gasteiger partial charge in [-0.1, -0.05) is 59.6 Å². The molecule has 0 bridgehead atoms. The Morgan fingerprint density at radius 2 is 1.11 bits per heavy atom. The fraction of sp³-hybridized carbons (Fsp3) is 0. The first kappa shape index (κ1) is 14.1. The van der Waals surface area contributed by atoms with Gasteiger partial charge in [-0.2, -0.15) is 0 Å². The average molecular weight is 407 g/mol. The summed E-state index contributed by atoms with van der Waals surface area (Å²) in [5.74, 6) is 0. The van der Waals surface area contributed by atoms with E-state index in [1.807, 2.05) is 48.6 Å². The van der Waals surface area contributed by atoms with Crippen molar-refractivity contribution in [3.63, 3.8) is 0 Å². The fourth-order valence-electron chi connectivity index (χ4n) is 1.48. The van der Waals surface area contributed by atoms with E-state index < -0.39 is 0 Å². The Kier molecular flexibility index (Phi) is 4.91. The van der Waals surface area contributed by atoms with Gasteiger partial charge in [0.25, 0.3) is 0 Å². The highest BCUT2D eigenvalue weighted by molar-refractivity contribution is 9.11. The fourth-order valence-corrected chi connectivity index (χ4v) is 2.63. The van der Waals surface area contributed by atoms with Crippen molar-refractivity contribution in [3.8, 4) is 0 Å². The summed E-state index contributed by atoms with van der Waals surface area (Å²) in [6.07, 6.45) is 3.98. The molecule has 0 saturated heterocycles. The highest BCUT2D eigenvalue weighted by Gasteiger charge is 2.02. The third-order valence-corrected chi connectivity index (χ3v) is 5.26. The second-order valence-corrected chi connectivity index (χ2v) is 6.02. The first-order chi connectivity index (χ1) is 8.59. The van der Waals surface area contributed by atoms with Crippen LogP contribution in [0.25, 0.3) is 12.2 Å². The third-order valence-electron chi connectivity index (χ3n) is 2.41. The Hall–Kier alpha value is -0.280. The van der Waals surface area contributed by atoms with Crippen LogP contribution in [0.1, 0.15) is 11.1 Å². The molecule has 0 aliphatic rings. The Bertz CT molecular complexity index is 553. The Morgan fingerprint density at radius 1 is 0.722 bits per heavy atom. The molecule has 0 spiro atoms. The maximum absolute atomic E-state index is 6.04. The van der Waals surface area contributed by atoms with E-state index in [9.17, 15) is 0 Å². The molecule has 2 aromatic rings. The minimum Gasteiger partial charge on any atom is -0.0831 e.